The fourth-order valence-corrected chi connectivity index (χ4v) is 5.55. The Morgan fingerprint density at radius 1 is 0.525 bits per heavy atom. The minimum absolute atomic E-state index is 0.497. The van der Waals surface area contributed by atoms with Gasteiger partial charge in [-0.05, 0) is 111 Å². The van der Waals surface area contributed by atoms with Crippen molar-refractivity contribution in [1.82, 2.24) is 0 Å². The molecule has 0 aliphatic carbocycles. The van der Waals surface area contributed by atoms with E-state index in [1.54, 1.807) is 0 Å². The molecule has 0 saturated carbocycles. The molecule has 0 aliphatic rings. The highest BCUT2D eigenvalue weighted by Crippen LogP contribution is 2.38. The van der Waals surface area contributed by atoms with Crippen LogP contribution < -0.4 is 5.32 Å². The highest BCUT2D eigenvalue weighted by Gasteiger charge is 2.15. The van der Waals surface area contributed by atoms with Crippen LogP contribution in [0.3, 0.4) is 0 Å². The van der Waals surface area contributed by atoms with E-state index in [0.29, 0.717) is 5.92 Å². The molecule has 0 heterocycles. The van der Waals surface area contributed by atoms with Gasteiger partial charge in [0.25, 0.3) is 0 Å². The van der Waals surface area contributed by atoms with E-state index in [1.807, 2.05) is 18.2 Å². The lowest BCUT2D eigenvalue weighted by atomic mass is 9.85. The Bertz CT molecular complexity index is 1750. The van der Waals surface area contributed by atoms with E-state index in [-0.39, 0.29) is 0 Å². The van der Waals surface area contributed by atoms with Crippen LogP contribution in [0.5, 0.6) is 0 Å². The van der Waals surface area contributed by atoms with E-state index in [1.165, 1.54) is 55.3 Å². The van der Waals surface area contributed by atoms with Gasteiger partial charge in [0.15, 0.2) is 0 Å². The van der Waals surface area contributed by atoms with Crippen LogP contribution in [-0.2, 0) is 0 Å². The first-order valence-electron chi connectivity index (χ1n) is 14.3. The van der Waals surface area contributed by atoms with Gasteiger partial charge < -0.3 is 5.32 Å². The van der Waals surface area contributed by atoms with E-state index < -0.39 is 0 Å². The number of anilines is 2. The van der Waals surface area contributed by atoms with Crippen LogP contribution in [0.2, 0.25) is 0 Å². The summed E-state index contributed by atoms with van der Waals surface area (Å²) < 4.78 is 0. The van der Waals surface area contributed by atoms with Crippen LogP contribution >= 0.6 is 0 Å². The van der Waals surface area contributed by atoms with Crippen molar-refractivity contribution in [1.29, 1.82) is 0 Å². The highest BCUT2D eigenvalue weighted by molar-refractivity contribution is 5.90. The second-order valence-electron chi connectivity index (χ2n) is 10.8. The Kier molecular flexibility index (Phi) is 7.21. The SMILES string of the molecule is CCC(C)c1ccc(-c2ccc(-c3ccc(Nc4ccccc4)cc3)cc2)cc1-c1cc2ccccc2cc1C. The Morgan fingerprint density at radius 3 is 1.70 bits per heavy atom. The van der Waals surface area contributed by atoms with Gasteiger partial charge in [0, 0.05) is 11.4 Å². The second kappa shape index (κ2) is 11.2. The van der Waals surface area contributed by atoms with E-state index in [2.05, 4.69) is 141 Å². The van der Waals surface area contributed by atoms with Crippen LogP contribution in [0.1, 0.15) is 37.3 Å². The number of fused-ring (bicyclic) bond motifs is 1. The third kappa shape index (κ3) is 5.28. The van der Waals surface area contributed by atoms with E-state index >= 15 is 0 Å². The topological polar surface area (TPSA) is 12.0 Å². The third-order valence-electron chi connectivity index (χ3n) is 8.08. The fraction of sp³-hybridized carbons (Fsp3) is 0.128. The number of hydrogen-bond donors (Lipinski definition) is 1. The number of aryl methyl sites for hydroxylation is 1. The van der Waals surface area contributed by atoms with Gasteiger partial charge in [0.2, 0.25) is 0 Å². The van der Waals surface area contributed by atoms with Gasteiger partial charge in [-0.15, -0.1) is 0 Å². The summed E-state index contributed by atoms with van der Waals surface area (Å²) >= 11 is 0. The molecule has 0 aromatic heterocycles. The quantitative estimate of drug-likeness (QED) is 0.222. The molecule has 6 aromatic carbocycles. The van der Waals surface area contributed by atoms with Gasteiger partial charge in [-0.25, -0.2) is 0 Å². The van der Waals surface area contributed by atoms with Crippen molar-refractivity contribution in [2.75, 3.05) is 5.32 Å². The zero-order chi connectivity index (χ0) is 27.5. The molecule has 196 valence electrons. The summed E-state index contributed by atoms with van der Waals surface area (Å²) in [6.07, 6.45) is 1.12. The molecule has 0 bridgehead atoms. The van der Waals surface area contributed by atoms with E-state index in [0.717, 1.165) is 17.8 Å². The molecule has 0 radical (unpaired) electrons. The summed E-state index contributed by atoms with van der Waals surface area (Å²) in [6, 6.07) is 48.3. The van der Waals surface area contributed by atoms with Crippen LogP contribution in [-0.4, -0.2) is 0 Å². The molecule has 40 heavy (non-hydrogen) atoms. The first kappa shape index (κ1) is 25.6. The Balaban J connectivity index is 1.31. The molecular weight excluding hydrogens is 482 g/mol. The summed E-state index contributed by atoms with van der Waals surface area (Å²) in [4.78, 5) is 0. The minimum atomic E-state index is 0.497. The van der Waals surface area contributed by atoms with Crippen molar-refractivity contribution >= 4 is 22.1 Å². The molecule has 6 rings (SSSR count). The van der Waals surface area contributed by atoms with Gasteiger partial charge in [-0.1, -0.05) is 111 Å². The molecule has 1 N–H and O–H groups in total. The number of hydrogen-bond acceptors (Lipinski definition) is 1. The largest absolute Gasteiger partial charge is 0.356 e. The number of benzene rings is 6. The average molecular weight is 518 g/mol. The number of para-hydroxylation sites is 1. The van der Waals surface area contributed by atoms with Gasteiger partial charge in [-0.3, -0.25) is 0 Å². The molecule has 1 heteroatoms. The van der Waals surface area contributed by atoms with Crippen molar-refractivity contribution in [3.8, 4) is 33.4 Å². The molecular formula is C39H35N. The molecule has 0 spiro atoms. The molecule has 1 nitrogen and oxygen atoms in total. The Hall–Kier alpha value is -4.62. The number of rotatable bonds is 7. The van der Waals surface area contributed by atoms with Gasteiger partial charge in [0.1, 0.15) is 0 Å². The first-order chi connectivity index (χ1) is 19.6. The van der Waals surface area contributed by atoms with Crippen molar-refractivity contribution < 1.29 is 0 Å². The molecule has 0 amide bonds. The summed E-state index contributed by atoms with van der Waals surface area (Å²) in [5.41, 5.74) is 12.5. The standard InChI is InChI=1S/C39H35N/c1-4-27(2)37-23-20-34(26-39(37)38-25-33-11-9-8-10-32(33)24-28(38)3)31-16-14-29(15-17-31)30-18-21-36(22-19-30)40-35-12-6-5-7-13-35/h5-27,40H,4H2,1-3H3. The predicted molar refractivity (Wildman–Crippen MR) is 173 cm³/mol. The maximum absolute atomic E-state index is 3.46. The van der Waals surface area contributed by atoms with Crippen molar-refractivity contribution in [2.45, 2.75) is 33.1 Å². The van der Waals surface area contributed by atoms with Crippen molar-refractivity contribution in [2.24, 2.45) is 0 Å². The molecule has 1 unspecified atom stereocenters. The van der Waals surface area contributed by atoms with Gasteiger partial charge >= 0.3 is 0 Å². The lowest BCUT2D eigenvalue weighted by Crippen LogP contribution is -1.97. The smallest absolute Gasteiger partial charge is 0.0384 e. The molecule has 0 saturated heterocycles. The molecule has 0 fully saturated rings. The fourth-order valence-electron chi connectivity index (χ4n) is 5.55. The third-order valence-corrected chi connectivity index (χ3v) is 8.08. The second-order valence-corrected chi connectivity index (χ2v) is 10.8. The van der Waals surface area contributed by atoms with Gasteiger partial charge in [-0.2, -0.15) is 0 Å². The van der Waals surface area contributed by atoms with Crippen LogP contribution in [0.25, 0.3) is 44.2 Å². The van der Waals surface area contributed by atoms with Crippen molar-refractivity contribution in [3.05, 3.63) is 145 Å². The normalized spacial score (nSPS) is 11.9. The highest BCUT2D eigenvalue weighted by atomic mass is 14.9. The van der Waals surface area contributed by atoms with Crippen LogP contribution in [0, 0.1) is 6.92 Å². The summed E-state index contributed by atoms with van der Waals surface area (Å²) in [6.45, 7) is 6.85. The summed E-state index contributed by atoms with van der Waals surface area (Å²) in [5.74, 6) is 0.497. The van der Waals surface area contributed by atoms with Crippen LogP contribution in [0.15, 0.2) is 133 Å². The Labute approximate surface area is 238 Å². The summed E-state index contributed by atoms with van der Waals surface area (Å²) in [7, 11) is 0. The monoisotopic (exact) mass is 517 g/mol. The Morgan fingerprint density at radius 2 is 1.05 bits per heavy atom. The van der Waals surface area contributed by atoms with Gasteiger partial charge in [0.05, 0.1) is 0 Å². The van der Waals surface area contributed by atoms with Crippen LogP contribution in [0.4, 0.5) is 11.4 Å². The first-order valence-corrected chi connectivity index (χ1v) is 14.3. The van der Waals surface area contributed by atoms with Crippen molar-refractivity contribution in [3.63, 3.8) is 0 Å². The summed E-state index contributed by atoms with van der Waals surface area (Å²) in [5, 5.41) is 6.05. The lowest BCUT2D eigenvalue weighted by molar-refractivity contribution is 0.735. The zero-order valence-electron chi connectivity index (χ0n) is 23.5. The average Bonchev–Trinajstić information content (AvgIpc) is 3.01. The molecule has 0 aliphatic heterocycles. The molecule has 6 aromatic rings. The minimum Gasteiger partial charge on any atom is -0.356 e. The van der Waals surface area contributed by atoms with E-state index in [9.17, 15) is 0 Å². The maximum atomic E-state index is 3.46. The number of nitrogens with one attached hydrogen (secondary N) is 1. The zero-order valence-corrected chi connectivity index (χ0v) is 23.5. The molecule has 1 atom stereocenters. The lowest BCUT2D eigenvalue weighted by Gasteiger charge is -2.19. The maximum Gasteiger partial charge on any atom is 0.0384 e. The van der Waals surface area contributed by atoms with E-state index in [4.69, 9.17) is 0 Å². The predicted octanol–water partition coefficient (Wildman–Crippen LogP) is 11.4.